The molecule has 1 aromatic heterocycles. The first-order valence-corrected chi connectivity index (χ1v) is 4.64. The van der Waals surface area contributed by atoms with Crippen LogP contribution in [0.15, 0.2) is 18.3 Å². The fourth-order valence-corrected chi connectivity index (χ4v) is 1.64. The van der Waals surface area contributed by atoms with Gasteiger partial charge in [-0.2, -0.15) is 5.26 Å². The third-order valence-electron chi connectivity index (χ3n) is 2.58. The van der Waals surface area contributed by atoms with Gasteiger partial charge in [0, 0.05) is 6.20 Å². The topological polar surface area (TPSA) is 36.7 Å². The lowest BCUT2D eigenvalue weighted by molar-refractivity contribution is 0.710. The zero-order valence-electron chi connectivity index (χ0n) is 7.70. The highest BCUT2D eigenvalue weighted by atomic mass is 14.7. The van der Waals surface area contributed by atoms with Gasteiger partial charge in [-0.25, -0.2) is 0 Å². The Labute approximate surface area is 78.2 Å². The average molecular weight is 172 g/mol. The van der Waals surface area contributed by atoms with Crippen molar-refractivity contribution in [3.05, 3.63) is 29.6 Å². The first-order chi connectivity index (χ1) is 6.33. The third kappa shape index (κ3) is 1.55. The van der Waals surface area contributed by atoms with Gasteiger partial charge in [0.05, 0.1) is 17.7 Å². The summed E-state index contributed by atoms with van der Waals surface area (Å²) in [7, 11) is 0. The summed E-state index contributed by atoms with van der Waals surface area (Å²) in [6.45, 7) is 2.02. The van der Waals surface area contributed by atoms with Crippen LogP contribution in [0.3, 0.4) is 0 Å². The Hall–Kier alpha value is -1.36. The summed E-state index contributed by atoms with van der Waals surface area (Å²) in [6.07, 6.45) is 4.15. The van der Waals surface area contributed by atoms with Crippen LogP contribution in [0.5, 0.6) is 0 Å². The Morgan fingerprint density at radius 3 is 2.92 bits per heavy atom. The smallest absolute Gasteiger partial charge is 0.0915 e. The van der Waals surface area contributed by atoms with Crippen LogP contribution in [0.1, 0.15) is 30.0 Å². The number of aromatic nitrogens is 1. The zero-order valence-corrected chi connectivity index (χ0v) is 7.70. The molecule has 1 aromatic rings. The molecule has 1 heterocycles. The summed E-state index contributed by atoms with van der Waals surface area (Å²) in [6, 6.07) is 6.30. The molecule has 0 radical (unpaired) electrons. The second-order valence-corrected chi connectivity index (χ2v) is 3.65. The second-order valence-electron chi connectivity index (χ2n) is 3.65. The monoisotopic (exact) mass is 172 g/mol. The summed E-state index contributed by atoms with van der Waals surface area (Å²) in [5.74, 6) is 0.597. The molecule has 2 heteroatoms. The average Bonchev–Trinajstić information content (AvgIpc) is 2.93. The quantitative estimate of drug-likeness (QED) is 0.686. The predicted octanol–water partition coefficient (Wildman–Crippen LogP) is 2.41. The molecule has 1 fully saturated rings. The molecule has 1 atom stereocenters. The van der Waals surface area contributed by atoms with Crippen LogP contribution in [0.25, 0.3) is 0 Å². The lowest BCUT2D eigenvalue weighted by Crippen LogP contribution is -2.03. The molecule has 0 aliphatic heterocycles. The summed E-state index contributed by atoms with van der Waals surface area (Å²) >= 11 is 0. The minimum Gasteiger partial charge on any atom is -0.260 e. The van der Waals surface area contributed by atoms with Gasteiger partial charge in [0.2, 0.25) is 0 Å². The van der Waals surface area contributed by atoms with Gasteiger partial charge in [-0.1, -0.05) is 6.07 Å². The molecule has 13 heavy (non-hydrogen) atoms. The lowest BCUT2D eigenvalue weighted by Gasteiger charge is -2.08. The highest BCUT2D eigenvalue weighted by molar-refractivity contribution is 5.28. The molecule has 0 bridgehead atoms. The molecule has 1 saturated carbocycles. The van der Waals surface area contributed by atoms with Crippen molar-refractivity contribution >= 4 is 0 Å². The van der Waals surface area contributed by atoms with E-state index in [1.165, 1.54) is 12.8 Å². The molecule has 1 aliphatic carbocycles. The Morgan fingerprint density at radius 2 is 2.38 bits per heavy atom. The van der Waals surface area contributed by atoms with Crippen molar-refractivity contribution in [3.63, 3.8) is 0 Å². The summed E-state index contributed by atoms with van der Waals surface area (Å²) in [4.78, 5) is 4.29. The number of hydrogen-bond acceptors (Lipinski definition) is 2. The Balaban J connectivity index is 2.33. The maximum absolute atomic E-state index is 9.02. The Kier molecular flexibility index (Phi) is 2.02. The molecule has 0 spiro atoms. The second kappa shape index (κ2) is 3.18. The van der Waals surface area contributed by atoms with E-state index in [4.69, 9.17) is 5.26 Å². The molecule has 2 nitrogen and oxygen atoms in total. The molecule has 1 unspecified atom stereocenters. The Bertz CT molecular complexity index is 347. The van der Waals surface area contributed by atoms with E-state index in [1.54, 1.807) is 6.20 Å². The number of nitriles is 1. The fourth-order valence-electron chi connectivity index (χ4n) is 1.64. The molecule has 0 saturated heterocycles. The molecule has 0 N–H and O–H groups in total. The maximum Gasteiger partial charge on any atom is 0.0915 e. The number of nitrogens with zero attached hydrogens (tertiary/aromatic N) is 2. The van der Waals surface area contributed by atoms with E-state index >= 15 is 0 Å². The highest BCUT2D eigenvalue weighted by Crippen LogP contribution is 2.42. The van der Waals surface area contributed by atoms with Crippen molar-refractivity contribution in [3.8, 4) is 6.07 Å². The van der Waals surface area contributed by atoms with Gasteiger partial charge < -0.3 is 0 Å². The zero-order chi connectivity index (χ0) is 9.26. The standard InChI is InChI=1S/C11H12N2/c1-8-3-2-6-13-11(8)10(7-12)9-4-5-9/h2-3,6,9-10H,4-5H2,1H3. The van der Waals surface area contributed by atoms with E-state index < -0.39 is 0 Å². The number of pyridine rings is 1. The van der Waals surface area contributed by atoms with Crippen LogP contribution in [0.4, 0.5) is 0 Å². The highest BCUT2D eigenvalue weighted by Gasteiger charge is 2.33. The summed E-state index contributed by atoms with van der Waals surface area (Å²) in [5.41, 5.74) is 2.12. The van der Waals surface area contributed by atoms with Gasteiger partial charge in [-0.15, -0.1) is 0 Å². The molecular weight excluding hydrogens is 160 g/mol. The molecule has 1 aliphatic rings. The lowest BCUT2D eigenvalue weighted by atomic mass is 9.97. The van der Waals surface area contributed by atoms with Crippen LogP contribution in [0, 0.1) is 24.2 Å². The van der Waals surface area contributed by atoms with Gasteiger partial charge in [0.15, 0.2) is 0 Å². The van der Waals surface area contributed by atoms with Gasteiger partial charge >= 0.3 is 0 Å². The van der Waals surface area contributed by atoms with Crippen LogP contribution < -0.4 is 0 Å². The Morgan fingerprint density at radius 1 is 1.62 bits per heavy atom. The maximum atomic E-state index is 9.02. The number of rotatable bonds is 2. The van der Waals surface area contributed by atoms with Gasteiger partial charge in [-0.3, -0.25) is 4.98 Å². The van der Waals surface area contributed by atoms with Crippen LogP contribution in [0.2, 0.25) is 0 Å². The van der Waals surface area contributed by atoms with E-state index in [2.05, 4.69) is 11.1 Å². The molecule has 0 amide bonds. The minimum absolute atomic E-state index is 0.0289. The summed E-state index contributed by atoms with van der Waals surface area (Å²) < 4.78 is 0. The van der Waals surface area contributed by atoms with Crippen molar-refractivity contribution in [2.45, 2.75) is 25.7 Å². The van der Waals surface area contributed by atoms with Crippen molar-refractivity contribution in [1.82, 2.24) is 4.98 Å². The van der Waals surface area contributed by atoms with Gasteiger partial charge in [0.25, 0.3) is 0 Å². The van der Waals surface area contributed by atoms with Crippen molar-refractivity contribution in [2.24, 2.45) is 5.92 Å². The number of hydrogen-bond donors (Lipinski definition) is 0. The minimum atomic E-state index is 0.0289. The van der Waals surface area contributed by atoms with E-state index in [1.807, 2.05) is 19.1 Å². The molecule has 66 valence electrons. The normalized spacial score (nSPS) is 17.8. The van der Waals surface area contributed by atoms with E-state index in [-0.39, 0.29) is 5.92 Å². The van der Waals surface area contributed by atoms with Crippen molar-refractivity contribution in [2.75, 3.05) is 0 Å². The molecule has 0 aromatic carbocycles. The largest absolute Gasteiger partial charge is 0.260 e. The third-order valence-corrected chi connectivity index (χ3v) is 2.58. The van der Waals surface area contributed by atoms with E-state index in [9.17, 15) is 0 Å². The molecule has 2 rings (SSSR count). The van der Waals surface area contributed by atoms with E-state index in [0.717, 1.165) is 11.3 Å². The van der Waals surface area contributed by atoms with Crippen LogP contribution >= 0.6 is 0 Å². The van der Waals surface area contributed by atoms with E-state index in [0.29, 0.717) is 5.92 Å². The first kappa shape index (κ1) is 8.25. The van der Waals surface area contributed by atoms with Crippen LogP contribution in [-0.4, -0.2) is 4.98 Å². The van der Waals surface area contributed by atoms with Gasteiger partial charge in [-0.05, 0) is 37.3 Å². The van der Waals surface area contributed by atoms with Gasteiger partial charge in [0.1, 0.15) is 0 Å². The summed E-state index contributed by atoms with van der Waals surface area (Å²) in [5, 5.41) is 9.02. The van der Waals surface area contributed by atoms with Crippen LogP contribution in [-0.2, 0) is 0 Å². The fraction of sp³-hybridized carbons (Fsp3) is 0.455. The van der Waals surface area contributed by atoms with Crippen molar-refractivity contribution in [1.29, 1.82) is 5.26 Å². The first-order valence-electron chi connectivity index (χ1n) is 4.64. The van der Waals surface area contributed by atoms with Crippen molar-refractivity contribution < 1.29 is 0 Å². The number of aryl methyl sites for hydroxylation is 1. The predicted molar refractivity (Wildman–Crippen MR) is 50.1 cm³/mol. The SMILES string of the molecule is Cc1cccnc1C(C#N)C1CC1. The molecular formula is C11H12N2.